The van der Waals surface area contributed by atoms with Crippen molar-refractivity contribution >= 4 is 5.91 Å². The van der Waals surface area contributed by atoms with Gasteiger partial charge in [-0.2, -0.15) is 13.2 Å². The highest BCUT2D eigenvalue weighted by Gasteiger charge is 2.48. The molecule has 0 radical (unpaired) electrons. The van der Waals surface area contributed by atoms with Gasteiger partial charge in [-0.15, -0.1) is 0 Å². The van der Waals surface area contributed by atoms with E-state index in [0.717, 1.165) is 18.9 Å². The fourth-order valence-electron chi connectivity index (χ4n) is 3.02. The van der Waals surface area contributed by atoms with E-state index in [-0.39, 0.29) is 28.8 Å². The lowest BCUT2D eigenvalue weighted by atomic mass is 9.98. The van der Waals surface area contributed by atoms with Crippen LogP contribution >= 0.6 is 0 Å². The number of carbonyl (C=O) groups is 1. The van der Waals surface area contributed by atoms with Crippen LogP contribution in [0.3, 0.4) is 0 Å². The van der Waals surface area contributed by atoms with Gasteiger partial charge in [-0.1, -0.05) is 31.5 Å². The molecule has 5 heteroatoms. The molecule has 0 aliphatic heterocycles. The first-order chi connectivity index (χ1) is 10.2. The summed E-state index contributed by atoms with van der Waals surface area (Å²) < 4.78 is 39.1. The van der Waals surface area contributed by atoms with Crippen LogP contribution in [-0.4, -0.2) is 11.4 Å². The monoisotopic (exact) mass is 313 g/mol. The van der Waals surface area contributed by atoms with Crippen molar-refractivity contribution in [2.24, 2.45) is 5.92 Å². The molecule has 2 nitrogen and oxygen atoms in total. The van der Waals surface area contributed by atoms with Crippen molar-refractivity contribution in [1.82, 2.24) is 5.32 Å². The highest BCUT2D eigenvalue weighted by molar-refractivity contribution is 5.83. The number of benzene rings is 1. The van der Waals surface area contributed by atoms with Gasteiger partial charge in [-0.05, 0) is 44.2 Å². The summed E-state index contributed by atoms with van der Waals surface area (Å²) in [4.78, 5) is 12.2. The number of alkyl halides is 3. The second kappa shape index (κ2) is 5.94. The van der Waals surface area contributed by atoms with Crippen molar-refractivity contribution in [2.45, 2.75) is 57.7 Å². The molecule has 0 unspecified atom stereocenters. The van der Waals surface area contributed by atoms with Crippen LogP contribution in [0.25, 0.3) is 0 Å². The van der Waals surface area contributed by atoms with Crippen LogP contribution in [0.5, 0.6) is 0 Å². The molecule has 22 heavy (non-hydrogen) atoms. The summed E-state index contributed by atoms with van der Waals surface area (Å²) in [5, 5.41) is 2.96. The van der Waals surface area contributed by atoms with Crippen molar-refractivity contribution in [3.63, 3.8) is 0 Å². The molecule has 1 N–H and O–H groups in total. The van der Waals surface area contributed by atoms with Gasteiger partial charge in [0.2, 0.25) is 5.91 Å². The van der Waals surface area contributed by atoms with Crippen molar-refractivity contribution in [3.8, 4) is 0 Å². The lowest BCUT2D eigenvalue weighted by molar-refractivity contribution is -0.138. The van der Waals surface area contributed by atoms with Crippen molar-refractivity contribution in [3.05, 3.63) is 35.4 Å². The van der Waals surface area contributed by atoms with Crippen LogP contribution in [-0.2, 0) is 11.0 Å². The Morgan fingerprint density at radius 1 is 1.27 bits per heavy atom. The van der Waals surface area contributed by atoms with E-state index in [1.807, 2.05) is 20.8 Å². The Bertz CT molecular complexity index is 551. The zero-order chi connectivity index (χ0) is 16.5. The number of rotatable bonds is 5. The van der Waals surface area contributed by atoms with E-state index in [9.17, 15) is 18.0 Å². The molecule has 0 aromatic heterocycles. The maximum absolute atomic E-state index is 13.0. The molecule has 2 rings (SSSR count). The largest absolute Gasteiger partial charge is 0.416 e. The van der Waals surface area contributed by atoms with Crippen molar-refractivity contribution < 1.29 is 18.0 Å². The Labute approximate surface area is 129 Å². The number of hydrogen-bond donors (Lipinski definition) is 1. The molecule has 0 spiro atoms. The summed E-state index contributed by atoms with van der Waals surface area (Å²) >= 11 is 0. The zero-order valence-corrected chi connectivity index (χ0v) is 13.1. The predicted octanol–water partition coefficient (Wildman–Crippen LogP) is 4.50. The first kappa shape index (κ1) is 16.8. The third-order valence-corrected chi connectivity index (χ3v) is 4.13. The average Bonchev–Trinajstić information content (AvgIpc) is 3.17. The number of carbonyl (C=O) groups excluding carboxylic acids is 1. The lowest BCUT2D eigenvalue weighted by Crippen LogP contribution is -2.44. The molecule has 1 aliphatic carbocycles. The highest BCUT2D eigenvalue weighted by Crippen LogP contribution is 2.51. The van der Waals surface area contributed by atoms with Gasteiger partial charge >= 0.3 is 6.18 Å². The zero-order valence-electron chi connectivity index (χ0n) is 13.1. The van der Waals surface area contributed by atoms with Crippen LogP contribution in [0.1, 0.15) is 57.1 Å². The summed E-state index contributed by atoms with van der Waals surface area (Å²) in [5.74, 6) is -0.810. The van der Waals surface area contributed by atoms with Crippen LogP contribution < -0.4 is 5.32 Å². The topological polar surface area (TPSA) is 29.1 Å². The first-order valence-electron chi connectivity index (χ1n) is 7.64. The molecule has 1 amide bonds. The third kappa shape index (κ3) is 3.81. The smallest absolute Gasteiger partial charge is 0.351 e. The minimum atomic E-state index is -4.37. The van der Waals surface area contributed by atoms with E-state index in [2.05, 4.69) is 5.32 Å². The van der Waals surface area contributed by atoms with Gasteiger partial charge in [0.15, 0.2) is 0 Å². The number of halogens is 3. The Morgan fingerprint density at radius 2 is 1.91 bits per heavy atom. The third-order valence-electron chi connectivity index (χ3n) is 4.13. The predicted molar refractivity (Wildman–Crippen MR) is 79.4 cm³/mol. The summed E-state index contributed by atoms with van der Waals surface area (Å²) in [5.41, 5.74) is -0.700. The second-order valence-corrected chi connectivity index (χ2v) is 6.66. The molecule has 1 saturated carbocycles. The minimum absolute atomic E-state index is 0.138. The molecular weight excluding hydrogens is 291 g/mol. The quantitative estimate of drug-likeness (QED) is 0.852. The minimum Gasteiger partial charge on any atom is -0.351 e. The Kier molecular flexibility index (Phi) is 4.54. The van der Waals surface area contributed by atoms with Gasteiger partial charge < -0.3 is 5.32 Å². The van der Waals surface area contributed by atoms with E-state index in [4.69, 9.17) is 0 Å². The normalized spacial score (nSPS) is 21.5. The number of nitrogens with one attached hydrogen (secondary N) is 1. The molecule has 0 heterocycles. The molecular formula is C17H22F3NO. The summed E-state index contributed by atoms with van der Waals surface area (Å²) in [6, 6.07) is 5.55. The molecule has 1 aliphatic rings. The SMILES string of the molecule is CCCC(C)(C)NC(=O)[C@@H]1C[C@@H]1c1ccccc1C(F)(F)F. The van der Waals surface area contributed by atoms with Crippen LogP contribution in [0.2, 0.25) is 0 Å². The van der Waals surface area contributed by atoms with Gasteiger partial charge in [0.25, 0.3) is 0 Å². The highest BCUT2D eigenvalue weighted by atomic mass is 19.4. The van der Waals surface area contributed by atoms with Crippen LogP contribution in [0.15, 0.2) is 24.3 Å². The van der Waals surface area contributed by atoms with Crippen LogP contribution in [0.4, 0.5) is 13.2 Å². The standard InChI is InChI=1S/C17H22F3NO/c1-4-9-16(2,3)21-15(22)13-10-12(13)11-7-5-6-8-14(11)17(18,19)20/h5-8,12-13H,4,9-10H2,1-3H3,(H,21,22)/t12-,13-/m1/s1. The Hall–Kier alpha value is -1.52. The van der Waals surface area contributed by atoms with Gasteiger partial charge in [0.05, 0.1) is 5.56 Å². The lowest BCUT2D eigenvalue weighted by Gasteiger charge is -2.26. The number of hydrogen-bond acceptors (Lipinski definition) is 1. The average molecular weight is 313 g/mol. The number of amides is 1. The molecule has 122 valence electrons. The van der Waals surface area contributed by atoms with E-state index >= 15 is 0 Å². The molecule has 2 atom stereocenters. The maximum atomic E-state index is 13.0. The van der Waals surface area contributed by atoms with E-state index in [0.29, 0.717) is 6.42 Å². The van der Waals surface area contributed by atoms with Gasteiger partial charge in [0.1, 0.15) is 0 Å². The first-order valence-corrected chi connectivity index (χ1v) is 7.64. The summed E-state index contributed by atoms with van der Waals surface area (Å²) in [6.45, 7) is 5.91. The second-order valence-electron chi connectivity index (χ2n) is 6.66. The van der Waals surface area contributed by atoms with Gasteiger partial charge in [0, 0.05) is 11.5 Å². The van der Waals surface area contributed by atoms with Crippen LogP contribution in [0, 0.1) is 5.92 Å². The Balaban J connectivity index is 2.09. The maximum Gasteiger partial charge on any atom is 0.416 e. The molecule has 1 fully saturated rings. The molecule has 0 saturated heterocycles. The van der Waals surface area contributed by atoms with E-state index in [1.165, 1.54) is 12.1 Å². The van der Waals surface area contributed by atoms with E-state index in [1.54, 1.807) is 6.07 Å². The summed E-state index contributed by atoms with van der Waals surface area (Å²) in [6.07, 6.45) is -2.10. The molecule has 1 aromatic rings. The van der Waals surface area contributed by atoms with Crippen molar-refractivity contribution in [1.29, 1.82) is 0 Å². The van der Waals surface area contributed by atoms with Crippen molar-refractivity contribution in [2.75, 3.05) is 0 Å². The van der Waals surface area contributed by atoms with E-state index < -0.39 is 11.7 Å². The fraction of sp³-hybridized carbons (Fsp3) is 0.588. The molecule has 0 bridgehead atoms. The Morgan fingerprint density at radius 3 is 2.50 bits per heavy atom. The fourth-order valence-corrected chi connectivity index (χ4v) is 3.02. The van der Waals surface area contributed by atoms with Gasteiger partial charge in [-0.25, -0.2) is 0 Å². The molecule has 1 aromatic carbocycles. The summed E-state index contributed by atoms with van der Waals surface area (Å²) in [7, 11) is 0. The van der Waals surface area contributed by atoms with Gasteiger partial charge in [-0.3, -0.25) is 4.79 Å².